The van der Waals surface area contributed by atoms with Crippen molar-refractivity contribution >= 4 is 23.4 Å². The number of nitrogens with zero attached hydrogens (tertiary/aromatic N) is 4. The molecular weight excluding hydrogens is 374 g/mol. The van der Waals surface area contributed by atoms with Gasteiger partial charge in [-0.3, -0.25) is 9.89 Å². The molecule has 1 amide bonds. The minimum absolute atomic E-state index is 0.210. The quantitative estimate of drug-likeness (QED) is 0.577. The molecule has 28 heavy (non-hydrogen) atoms. The number of hydrogen-bond donors (Lipinski definition) is 1. The molecule has 2 heterocycles. The lowest BCUT2D eigenvalue weighted by atomic mass is 10.2. The smallest absolute Gasteiger partial charge is 0.410 e. The summed E-state index contributed by atoms with van der Waals surface area (Å²) in [5, 5.41) is 5.56. The Balaban J connectivity index is 1.65. The summed E-state index contributed by atoms with van der Waals surface area (Å²) in [6, 6.07) is 4.27. The van der Waals surface area contributed by atoms with Crippen LogP contribution in [0.4, 0.5) is 4.79 Å². The number of ether oxygens (including phenoxy) is 1. The molecule has 2 rings (SSSR count). The number of thiophene rings is 1. The van der Waals surface area contributed by atoms with Crippen LogP contribution in [-0.2, 0) is 11.2 Å². The van der Waals surface area contributed by atoms with Gasteiger partial charge in [-0.25, -0.2) is 4.79 Å². The first-order chi connectivity index (χ1) is 13.3. The zero-order chi connectivity index (χ0) is 20.6. The summed E-state index contributed by atoms with van der Waals surface area (Å²) < 4.78 is 5.45. The van der Waals surface area contributed by atoms with E-state index in [-0.39, 0.29) is 6.09 Å². The van der Waals surface area contributed by atoms with E-state index >= 15 is 0 Å². The van der Waals surface area contributed by atoms with Crippen LogP contribution in [0.3, 0.4) is 0 Å². The van der Waals surface area contributed by atoms with Crippen LogP contribution >= 0.6 is 11.3 Å². The van der Waals surface area contributed by atoms with Crippen LogP contribution in [0.25, 0.3) is 0 Å². The van der Waals surface area contributed by atoms with E-state index in [9.17, 15) is 4.79 Å². The number of carbonyl (C=O) groups excluding carboxylic acids is 1. The van der Waals surface area contributed by atoms with Crippen LogP contribution in [0.1, 0.15) is 25.6 Å². The maximum atomic E-state index is 12.1. The molecule has 1 aliphatic heterocycles. The van der Waals surface area contributed by atoms with Gasteiger partial charge in [-0.15, -0.1) is 11.3 Å². The van der Waals surface area contributed by atoms with Crippen molar-refractivity contribution in [2.45, 2.75) is 32.8 Å². The van der Waals surface area contributed by atoms with Crippen molar-refractivity contribution in [3.05, 3.63) is 22.4 Å². The molecule has 158 valence electrons. The summed E-state index contributed by atoms with van der Waals surface area (Å²) in [6.45, 7) is 11.6. The van der Waals surface area contributed by atoms with Crippen LogP contribution in [0.2, 0.25) is 0 Å². The molecule has 7 nitrogen and oxygen atoms in total. The van der Waals surface area contributed by atoms with Crippen molar-refractivity contribution in [1.82, 2.24) is 20.0 Å². The molecule has 1 N–H and O–H groups in total. The number of hydrogen-bond acceptors (Lipinski definition) is 5. The van der Waals surface area contributed by atoms with E-state index in [2.05, 4.69) is 44.7 Å². The lowest BCUT2D eigenvalue weighted by molar-refractivity contribution is 0.0147. The molecule has 0 spiro atoms. The highest BCUT2D eigenvalue weighted by Gasteiger charge is 2.25. The van der Waals surface area contributed by atoms with Gasteiger partial charge in [-0.2, -0.15) is 0 Å². The lowest BCUT2D eigenvalue weighted by Gasteiger charge is -2.35. The third kappa shape index (κ3) is 7.67. The lowest BCUT2D eigenvalue weighted by Crippen LogP contribution is -2.51. The van der Waals surface area contributed by atoms with E-state index in [4.69, 9.17) is 4.74 Å². The summed E-state index contributed by atoms with van der Waals surface area (Å²) >= 11 is 1.80. The molecule has 0 atom stereocenters. The first-order valence-corrected chi connectivity index (χ1v) is 10.8. The maximum absolute atomic E-state index is 12.1. The van der Waals surface area contributed by atoms with E-state index in [0.29, 0.717) is 13.1 Å². The van der Waals surface area contributed by atoms with Crippen molar-refractivity contribution in [2.24, 2.45) is 4.99 Å². The van der Waals surface area contributed by atoms with Crippen LogP contribution < -0.4 is 5.32 Å². The second-order valence-electron chi connectivity index (χ2n) is 8.03. The third-order valence-electron chi connectivity index (χ3n) is 4.58. The molecule has 0 aliphatic carbocycles. The first kappa shape index (κ1) is 22.5. The SMILES string of the molecule is CN=C(NCCN1CCN(C(=O)OC(C)(C)C)CC1)N(C)CCc1cccs1. The van der Waals surface area contributed by atoms with Gasteiger partial charge in [-0.05, 0) is 38.6 Å². The zero-order valence-corrected chi connectivity index (χ0v) is 18.7. The second-order valence-corrected chi connectivity index (χ2v) is 9.07. The molecular formula is C20H35N5O2S. The van der Waals surface area contributed by atoms with Crippen molar-refractivity contribution in [2.75, 3.05) is 59.9 Å². The van der Waals surface area contributed by atoms with Gasteiger partial charge in [0.2, 0.25) is 0 Å². The van der Waals surface area contributed by atoms with Gasteiger partial charge < -0.3 is 19.9 Å². The monoisotopic (exact) mass is 409 g/mol. The molecule has 1 aliphatic rings. The van der Waals surface area contributed by atoms with Crippen molar-refractivity contribution in [3.8, 4) is 0 Å². The Morgan fingerprint density at radius 3 is 2.61 bits per heavy atom. The van der Waals surface area contributed by atoms with Crippen molar-refractivity contribution < 1.29 is 9.53 Å². The minimum atomic E-state index is -0.441. The normalized spacial score (nSPS) is 16.2. The largest absolute Gasteiger partial charge is 0.444 e. The van der Waals surface area contributed by atoms with Crippen LogP contribution in [0.5, 0.6) is 0 Å². The average molecular weight is 410 g/mol. The molecule has 1 saturated heterocycles. The van der Waals surface area contributed by atoms with Gasteiger partial charge >= 0.3 is 6.09 Å². The highest BCUT2D eigenvalue weighted by atomic mass is 32.1. The summed E-state index contributed by atoms with van der Waals surface area (Å²) in [6.07, 6.45) is 0.819. The molecule has 1 fully saturated rings. The second kappa shape index (κ2) is 10.7. The predicted molar refractivity (Wildman–Crippen MR) is 116 cm³/mol. The van der Waals surface area contributed by atoms with E-state index in [1.165, 1.54) is 4.88 Å². The number of nitrogens with one attached hydrogen (secondary N) is 1. The standard InChI is InChI=1S/C20H35N5O2S/c1-20(2,3)27-19(26)25-14-12-24(13-15-25)11-9-22-18(21-4)23(5)10-8-17-7-6-16-28-17/h6-7,16H,8-15H2,1-5H3,(H,21,22). The van der Waals surface area contributed by atoms with Crippen LogP contribution in [0, 0.1) is 0 Å². The van der Waals surface area contributed by atoms with Gasteiger partial charge in [0.15, 0.2) is 5.96 Å². The number of piperazine rings is 1. The molecule has 1 aromatic rings. The Morgan fingerprint density at radius 1 is 1.32 bits per heavy atom. The van der Waals surface area contributed by atoms with Gasteiger partial charge in [0, 0.05) is 64.8 Å². The van der Waals surface area contributed by atoms with E-state index < -0.39 is 5.60 Å². The van der Waals surface area contributed by atoms with Gasteiger partial charge in [-0.1, -0.05) is 6.07 Å². The number of likely N-dealkylation sites (N-methyl/N-ethyl adjacent to an activating group) is 1. The Kier molecular flexibility index (Phi) is 8.57. The van der Waals surface area contributed by atoms with E-state index in [1.54, 1.807) is 16.2 Å². The van der Waals surface area contributed by atoms with E-state index in [1.807, 2.05) is 27.8 Å². The number of guanidine groups is 1. The topological polar surface area (TPSA) is 60.4 Å². The van der Waals surface area contributed by atoms with Crippen LogP contribution in [-0.4, -0.2) is 92.3 Å². The Hall–Kier alpha value is -1.80. The number of rotatable bonds is 6. The molecule has 0 saturated carbocycles. The highest BCUT2D eigenvalue weighted by Crippen LogP contribution is 2.12. The fraction of sp³-hybridized carbons (Fsp3) is 0.700. The highest BCUT2D eigenvalue weighted by molar-refractivity contribution is 7.09. The fourth-order valence-corrected chi connectivity index (χ4v) is 3.73. The molecule has 0 unspecified atom stereocenters. The van der Waals surface area contributed by atoms with Crippen molar-refractivity contribution in [1.29, 1.82) is 0 Å². The minimum Gasteiger partial charge on any atom is -0.444 e. The van der Waals surface area contributed by atoms with Crippen LogP contribution in [0.15, 0.2) is 22.5 Å². The van der Waals surface area contributed by atoms with Crippen molar-refractivity contribution in [3.63, 3.8) is 0 Å². The Labute approximate surface area is 173 Å². The number of amides is 1. The molecule has 0 bridgehead atoms. The van der Waals surface area contributed by atoms with Gasteiger partial charge in [0.1, 0.15) is 5.60 Å². The van der Waals surface area contributed by atoms with Gasteiger partial charge in [0.25, 0.3) is 0 Å². The fourth-order valence-electron chi connectivity index (χ4n) is 3.03. The first-order valence-electron chi connectivity index (χ1n) is 9.93. The Bertz CT molecular complexity index is 619. The predicted octanol–water partition coefficient (Wildman–Crippen LogP) is 2.35. The van der Waals surface area contributed by atoms with E-state index in [0.717, 1.165) is 45.1 Å². The molecule has 0 radical (unpaired) electrons. The number of carbonyl (C=O) groups is 1. The summed E-state index contributed by atoms with van der Waals surface area (Å²) in [5.41, 5.74) is -0.441. The molecule has 8 heteroatoms. The average Bonchev–Trinajstić information content (AvgIpc) is 3.16. The van der Waals surface area contributed by atoms with Gasteiger partial charge in [0.05, 0.1) is 0 Å². The Morgan fingerprint density at radius 2 is 2.04 bits per heavy atom. The zero-order valence-electron chi connectivity index (χ0n) is 17.9. The third-order valence-corrected chi connectivity index (χ3v) is 5.52. The number of aliphatic imine (C=N–C) groups is 1. The summed E-state index contributed by atoms with van der Waals surface area (Å²) in [7, 11) is 3.89. The molecule has 0 aromatic carbocycles. The summed E-state index contributed by atoms with van der Waals surface area (Å²) in [5.74, 6) is 0.920. The molecule has 1 aromatic heterocycles. The maximum Gasteiger partial charge on any atom is 0.410 e. The summed E-state index contributed by atoms with van der Waals surface area (Å²) in [4.78, 5) is 24.2.